The largest absolute Gasteiger partial charge is 0.356 e. The van der Waals surface area contributed by atoms with Crippen molar-refractivity contribution in [1.82, 2.24) is 15.1 Å². The normalized spacial score (nSPS) is 16.3. The van der Waals surface area contributed by atoms with E-state index < -0.39 is 0 Å². The number of rotatable bonds is 5. The molecule has 0 aromatic heterocycles. The van der Waals surface area contributed by atoms with Crippen molar-refractivity contribution in [1.29, 1.82) is 0 Å². The van der Waals surface area contributed by atoms with Gasteiger partial charge in [-0.3, -0.25) is 4.79 Å². The van der Waals surface area contributed by atoms with Crippen LogP contribution in [0.15, 0.2) is 0 Å². The van der Waals surface area contributed by atoms with Crippen LogP contribution in [0.2, 0.25) is 0 Å². The fraction of sp³-hybridized carbons (Fsp3) is 0.857. The van der Waals surface area contributed by atoms with Gasteiger partial charge in [0.25, 0.3) is 0 Å². The van der Waals surface area contributed by atoms with Gasteiger partial charge < -0.3 is 15.1 Å². The number of nitrogens with zero attached hydrogens (tertiary/aromatic N) is 2. The third-order valence-corrected chi connectivity index (χ3v) is 3.72. The van der Waals surface area contributed by atoms with Crippen LogP contribution in [-0.4, -0.2) is 54.5 Å². The van der Waals surface area contributed by atoms with Crippen molar-refractivity contribution in [3.05, 3.63) is 0 Å². The van der Waals surface area contributed by atoms with E-state index in [0.29, 0.717) is 13.1 Å². The smallest absolute Gasteiger partial charge is 0.319 e. The van der Waals surface area contributed by atoms with Gasteiger partial charge in [0.2, 0.25) is 5.91 Å². The summed E-state index contributed by atoms with van der Waals surface area (Å²) in [7, 11) is 0. The summed E-state index contributed by atoms with van der Waals surface area (Å²) in [5, 5.41) is 2.94. The van der Waals surface area contributed by atoms with E-state index in [1.54, 1.807) is 0 Å². The topological polar surface area (TPSA) is 52.7 Å². The summed E-state index contributed by atoms with van der Waals surface area (Å²) < 4.78 is 0. The Bertz CT molecular complexity index is 295. The zero-order valence-electron chi connectivity index (χ0n) is 12.4. The van der Waals surface area contributed by atoms with Gasteiger partial charge in [0, 0.05) is 38.6 Å². The molecular formula is C14H27N3O2. The van der Waals surface area contributed by atoms with E-state index >= 15 is 0 Å². The van der Waals surface area contributed by atoms with Gasteiger partial charge >= 0.3 is 6.03 Å². The molecule has 19 heavy (non-hydrogen) atoms. The van der Waals surface area contributed by atoms with E-state index in [9.17, 15) is 9.59 Å². The minimum absolute atomic E-state index is 0.0762. The van der Waals surface area contributed by atoms with Crippen molar-refractivity contribution in [2.45, 2.75) is 40.0 Å². The van der Waals surface area contributed by atoms with Crippen molar-refractivity contribution in [3.63, 3.8) is 0 Å². The van der Waals surface area contributed by atoms with Crippen LogP contribution in [0, 0.1) is 5.92 Å². The monoisotopic (exact) mass is 269 g/mol. The average molecular weight is 269 g/mol. The Kier molecular flexibility index (Phi) is 6.67. The Morgan fingerprint density at radius 3 is 2.21 bits per heavy atom. The summed E-state index contributed by atoms with van der Waals surface area (Å²) in [6.45, 7) is 9.65. The molecule has 110 valence electrons. The molecule has 1 aliphatic heterocycles. The predicted molar refractivity (Wildman–Crippen MR) is 75.9 cm³/mol. The number of hydrogen-bond donors (Lipinski definition) is 1. The second kappa shape index (κ2) is 8.02. The van der Waals surface area contributed by atoms with Crippen molar-refractivity contribution in [3.8, 4) is 0 Å². The summed E-state index contributed by atoms with van der Waals surface area (Å²) in [4.78, 5) is 27.7. The van der Waals surface area contributed by atoms with Crippen LogP contribution in [0.1, 0.15) is 40.0 Å². The zero-order chi connectivity index (χ0) is 14.3. The van der Waals surface area contributed by atoms with E-state index in [2.05, 4.69) is 5.32 Å². The maximum Gasteiger partial charge on any atom is 0.319 e. The molecule has 0 saturated carbocycles. The standard InChI is InChI=1S/C14H27N3O2/c1-4-9-15-13(18)12-7-10-17(11-8-12)14(19)16(5-2)6-3/h12H,4-11H2,1-3H3,(H,15,18). The highest BCUT2D eigenvalue weighted by Crippen LogP contribution is 2.18. The number of nitrogens with one attached hydrogen (secondary N) is 1. The van der Waals surface area contributed by atoms with Crippen LogP contribution < -0.4 is 5.32 Å². The molecule has 5 nitrogen and oxygen atoms in total. The lowest BCUT2D eigenvalue weighted by molar-refractivity contribution is -0.126. The van der Waals surface area contributed by atoms with Crippen molar-refractivity contribution in [2.24, 2.45) is 5.92 Å². The van der Waals surface area contributed by atoms with Crippen LogP contribution in [0.5, 0.6) is 0 Å². The van der Waals surface area contributed by atoms with Crippen molar-refractivity contribution < 1.29 is 9.59 Å². The number of amides is 3. The second-order valence-electron chi connectivity index (χ2n) is 5.01. The van der Waals surface area contributed by atoms with Crippen LogP contribution in [0.4, 0.5) is 4.79 Å². The van der Waals surface area contributed by atoms with Gasteiger partial charge in [-0.2, -0.15) is 0 Å². The van der Waals surface area contributed by atoms with Crippen molar-refractivity contribution >= 4 is 11.9 Å². The summed E-state index contributed by atoms with van der Waals surface area (Å²) in [5.41, 5.74) is 0. The molecule has 3 amide bonds. The maximum atomic E-state index is 12.2. The molecule has 0 unspecified atom stereocenters. The van der Waals surface area contributed by atoms with Gasteiger partial charge in [0.15, 0.2) is 0 Å². The molecule has 1 N–H and O–H groups in total. The number of hydrogen-bond acceptors (Lipinski definition) is 2. The molecule has 0 aromatic rings. The molecule has 5 heteroatoms. The molecule has 0 bridgehead atoms. The lowest BCUT2D eigenvalue weighted by Crippen LogP contribution is -2.48. The first-order valence-corrected chi connectivity index (χ1v) is 7.45. The average Bonchev–Trinajstić information content (AvgIpc) is 2.46. The van der Waals surface area contributed by atoms with E-state index in [1.165, 1.54) is 0 Å². The molecule has 1 rings (SSSR count). The molecule has 0 spiro atoms. The van der Waals surface area contributed by atoms with Gasteiger partial charge in [-0.05, 0) is 33.1 Å². The maximum absolute atomic E-state index is 12.2. The summed E-state index contributed by atoms with van der Waals surface area (Å²) in [6.07, 6.45) is 2.52. The molecule has 0 aliphatic carbocycles. The highest BCUT2D eigenvalue weighted by Gasteiger charge is 2.28. The minimum atomic E-state index is 0.0762. The van der Waals surface area contributed by atoms with Gasteiger partial charge in [-0.25, -0.2) is 4.79 Å². The molecular weight excluding hydrogens is 242 g/mol. The summed E-state index contributed by atoms with van der Waals surface area (Å²) in [5.74, 6) is 0.226. The second-order valence-corrected chi connectivity index (χ2v) is 5.01. The van der Waals surface area contributed by atoms with Crippen LogP contribution in [-0.2, 0) is 4.79 Å². The minimum Gasteiger partial charge on any atom is -0.356 e. The summed E-state index contributed by atoms with van der Waals surface area (Å²) >= 11 is 0. The van der Waals surface area contributed by atoms with E-state index in [0.717, 1.165) is 38.9 Å². The zero-order valence-corrected chi connectivity index (χ0v) is 12.4. The lowest BCUT2D eigenvalue weighted by atomic mass is 9.96. The molecule has 0 radical (unpaired) electrons. The highest BCUT2D eigenvalue weighted by molar-refractivity contribution is 5.79. The molecule has 1 heterocycles. The summed E-state index contributed by atoms with van der Waals surface area (Å²) in [6, 6.07) is 0.109. The van der Waals surface area contributed by atoms with Gasteiger partial charge in [0.05, 0.1) is 0 Å². The first kappa shape index (κ1) is 15.8. The Labute approximate surface area is 116 Å². The molecule has 1 fully saturated rings. The quantitative estimate of drug-likeness (QED) is 0.825. The first-order valence-electron chi connectivity index (χ1n) is 7.45. The molecule has 1 saturated heterocycles. The number of carbonyl (C=O) groups excluding carboxylic acids is 2. The number of carbonyl (C=O) groups is 2. The number of likely N-dealkylation sites (tertiary alicyclic amines) is 1. The third kappa shape index (κ3) is 4.40. The first-order chi connectivity index (χ1) is 9.13. The fourth-order valence-corrected chi connectivity index (χ4v) is 2.42. The Morgan fingerprint density at radius 1 is 1.16 bits per heavy atom. The van der Waals surface area contributed by atoms with Gasteiger partial charge in [0.1, 0.15) is 0 Å². The number of urea groups is 1. The van der Waals surface area contributed by atoms with Crippen LogP contribution >= 0.6 is 0 Å². The van der Waals surface area contributed by atoms with Gasteiger partial charge in [-0.1, -0.05) is 6.92 Å². The Balaban J connectivity index is 2.40. The molecule has 1 aliphatic rings. The molecule has 0 aromatic carbocycles. The van der Waals surface area contributed by atoms with Crippen molar-refractivity contribution in [2.75, 3.05) is 32.7 Å². The van der Waals surface area contributed by atoms with Gasteiger partial charge in [-0.15, -0.1) is 0 Å². The third-order valence-electron chi connectivity index (χ3n) is 3.72. The highest BCUT2D eigenvalue weighted by atomic mass is 16.2. The lowest BCUT2D eigenvalue weighted by Gasteiger charge is -2.34. The number of piperidine rings is 1. The van der Waals surface area contributed by atoms with Crippen LogP contribution in [0.3, 0.4) is 0 Å². The fourth-order valence-electron chi connectivity index (χ4n) is 2.42. The Hall–Kier alpha value is -1.26. The Morgan fingerprint density at radius 2 is 1.74 bits per heavy atom. The molecule has 0 atom stereocenters. The van der Waals surface area contributed by atoms with E-state index in [-0.39, 0.29) is 17.9 Å². The van der Waals surface area contributed by atoms with E-state index in [1.807, 2.05) is 30.6 Å². The van der Waals surface area contributed by atoms with E-state index in [4.69, 9.17) is 0 Å². The SMILES string of the molecule is CCCNC(=O)C1CCN(C(=O)N(CC)CC)CC1. The van der Waals surface area contributed by atoms with Crippen LogP contribution in [0.25, 0.3) is 0 Å². The predicted octanol–water partition coefficient (Wildman–Crippen LogP) is 1.69.